The summed E-state index contributed by atoms with van der Waals surface area (Å²) in [6.07, 6.45) is 4.82. The minimum absolute atomic E-state index is 0.0291. The average molecular weight is 601 g/mol. The number of anilines is 2. The molecule has 2 aliphatic heterocycles. The normalized spacial score (nSPS) is 17.7. The highest BCUT2D eigenvalue weighted by Crippen LogP contribution is 2.40. The molecule has 224 valence electrons. The van der Waals surface area contributed by atoms with E-state index in [1.165, 1.54) is 0 Å². The van der Waals surface area contributed by atoms with Crippen molar-refractivity contribution in [2.24, 2.45) is 5.73 Å². The van der Waals surface area contributed by atoms with Crippen LogP contribution in [0.4, 0.5) is 11.5 Å². The van der Waals surface area contributed by atoms with Crippen molar-refractivity contribution < 1.29 is 9.59 Å². The summed E-state index contributed by atoms with van der Waals surface area (Å²) in [5, 5.41) is 15.5. The Morgan fingerprint density at radius 2 is 1.84 bits per heavy atom. The number of pyridine rings is 1. The Morgan fingerprint density at radius 1 is 1.07 bits per heavy atom. The van der Waals surface area contributed by atoms with Crippen molar-refractivity contribution in [1.29, 1.82) is 0 Å². The number of unbranched alkanes of at least 4 members (excludes halogenated alkanes) is 1. The second-order valence-corrected chi connectivity index (χ2v) is 11.7. The van der Waals surface area contributed by atoms with Crippen LogP contribution in [-0.4, -0.2) is 77.2 Å². The van der Waals surface area contributed by atoms with E-state index in [1.54, 1.807) is 0 Å². The van der Waals surface area contributed by atoms with Gasteiger partial charge in [-0.1, -0.05) is 60.5 Å². The molecule has 2 atom stereocenters. The fraction of sp³-hybridized carbons (Fsp3) is 0.375. The maximum Gasteiger partial charge on any atom is 0.230 e. The van der Waals surface area contributed by atoms with Crippen molar-refractivity contribution in [1.82, 2.24) is 25.4 Å². The number of hydrogen-bond acceptors (Lipinski definition) is 7. The Labute approximate surface area is 256 Å². The standard InChI is InChI=1S/C32H37ClN8O2/c33-23-11-9-22(10-12-23)25(8-4-5-13-34)32(43)41-16-14-40(15-17-41)29-26(21-6-2-1-3-7-21)20-36-30-28(29)31(39-38-30)37-24-18-27(42)35-19-24/h1-3,6-7,9-12,20,24-25H,4-5,8,13-19,34H2,(H,35,42)(H2,36,37,38,39)/t24?,25-/m1/s1. The molecule has 1 unspecified atom stereocenters. The van der Waals surface area contributed by atoms with Crippen molar-refractivity contribution in [3.63, 3.8) is 0 Å². The van der Waals surface area contributed by atoms with Crippen molar-refractivity contribution in [3.05, 3.63) is 71.4 Å². The molecule has 2 aromatic carbocycles. The van der Waals surface area contributed by atoms with Crippen molar-refractivity contribution in [3.8, 4) is 11.1 Å². The molecule has 2 amide bonds. The number of halogens is 1. The van der Waals surface area contributed by atoms with E-state index in [0.29, 0.717) is 62.2 Å². The second kappa shape index (κ2) is 13.0. The Bertz CT molecular complexity index is 1570. The average Bonchev–Trinajstić information content (AvgIpc) is 3.65. The van der Waals surface area contributed by atoms with Crippen LogP contribution in [0.3, 0.4) is 0 Å². The molecular formula is C32H37ClN8O2. The number of piperazine rings is 1. The van der Waals surface area contributed by atoms with E-state index in [4.69, 9.17) is 22.3 Å². The number of nitrogens with one attached hydrogen (secondary N) is 3. The van der Waals surface area contributed by atoms with Gasteiger partial charge in [0.1, 0.15) is 0 Å². The van der Waals surface area contributed by atoms with Gasteiger partial charge in [0.05, 0.1) is 23.0 Å². The van der Waals surface area contributed by atoms with Gasteiger partial charge < -0.3 is 26.2 Å². The molecule has 10 nitrogen and oxygen atoms in total. The fourth-order valence-corrected chi connectivity index (χ4v) is 6.26. The van der Waals surface area contributed by atoms with E-state index in [1.807, 2.05) is 53.6 Å². The monoisotopic (exact) mass is 600 g/mol. The first kappa shape index (κ1) is 28.9. The van der Waals surface area contributed by atoms with Crippen LogP contribution in [0, 0.1) is 0 Å². The van der Waals surface area contributed by atoms with Crippen molar-refractivity contribution in [2.45, 2.75) is 37.6 Å². The van der Waals surface area contributed by atoms with Gasteiger partial charge in [-0.2, -0.15) is 5.10 Å². The van der Waals surface area contributed by atoms with E-state index in [2.05, 4.69) is 37.9 Å². The van der Waals surface area contributed by atoms with Gasteiger partial charge in [-0.3, -0.25) is 14.7 Å². The van der Waals surface area contributed by atoms with Crippen LogP contribution in [0.5, 0.6) is 0 Å². The molecule has 6 rings (SSSR count). The highest BCUT2D eigenvalue weighted by atomic mass is 35.5. The van der Waals surface area contributed by atoms with Gasteiger partial charge >= 0.3 is 0 Å². The van der Waals surface area contributed by atoms with Crippen LogP contribution >= 0.6 is 11.6 Å². The molecule has 0 bridgehead atoms. The van der Waals surface area contributed by atoms with E-state index >= 15 is 0 Å². The summed E-state index contributed by atoms with van der Waals surface area (Å²) in [7, 11) is 0. The summed E-state index contributed by atoms with van der Waals surface area (Å²) in [6, 6.07) is 17.8. The minimum Gasteiger partial charge on any atom is -0.367 e. The van der Waals surface area contributed by atoms with Crippen molar-refractivity contribution in [2.75, 3.05) is 49.5 Å². The predicted molar refractivity (Wildman–Crippen MR) is 170 cm³/mol. The van der Waals surface area contributed by atoms with Gasteiger partial charge in [-0.15, -0.1) is 0 Å². The number of aromatic amines is 1. The van der Waals surface area contributed by atoms with Gasteiger partial charge in [0.15, 0.2) is 11.5 Å². The lowest BCUT2D eigenvalue weighted by Gasteiger charge is -2.38. The highest BCUT2D eigenvalue weighted by molar-refractivity contribution is 6.30. The van der Waals surface area contributed by atoms with Crippen molar-refractivity contribution >= 4 is 46.0 Å². The quantitative estimate of drug-likeness (QED) is 0.201. The largest absolute Gasteiger partial charge is 0.367 e. The molecule has 0 radical (unpaired) electrons. The van der Waals surface area contributed by atoms with Crippen LogP contribution in [0.2, 0.25) is 5.02 Å². The highest BCUT2D eigenvalue weighted by Gasteiger charge is 2.31. The molecule has 2 aromatic heterocycles. The number of hydrogen-bond donors (Lipinski definition) is 4. The zero-order valence-electron chi connectivity index (χ0n) is 24.1. The molecule has 0 saturated carbocycles. The first-order valence-corrected chi connectivity index (χ1v) is 15.3. The number of amides is 2. The number of benzene rings is 2. The maximum atomic E-state index is 13.9. The third kappa shape index (κ3) is 6.30. The minimum atomic E-state index is -0.227. The number of carbonyl (C=O) groups excluding carboxylic acids is 2. The molecule has 2 fully saturated rings. The third-order valence-corrected chi connectivity index (χ3v) is 8.64. The van der Waals surface area contributed by atoms with Crippen LogP contribution in [0.1, 0.15) is 37.2 Å². The Kier molecular flexibility index (Phi) is 8.76. The number of carbonyl (C=O) groups is 2. The smallest absolute Gasteiger partial charge is 0.230 e. The Balaban J connectivity index is 1.28. The lowest BCUT2D eigenvalue weighted by molar-refractivity contribution is -0.133. The number of nitrogens with zero attached hydrogens (tertiary/aromatic N) is 4. The maximum absolute atomic E-state index is 13.9. The number of rotatable bonds is 10. The lowest BCUT2D eigenvalue weighted by Crippen LogP contribution is -2.50. The SMILES string of the molecule is NCCCC[C@@H](C(=O)N1CCN(c2c(-c3ccccc3)cnc3[nH]nc(NC4CNC(=O)C4)c23)CC1)c1ccc(Cl)cc1. The molecule has 4 heterocycles. The summed E-state index contributed by atoms with van der Waals surface area (Å²) in [6.45, 7) is 3.68. The summed E-state index contributed by atoms with van der Waals surface area (Å²) < 4.78 is 0. The van der Waals surface area contributed by atoms with Crippen LogP contribution < -0.4 is 21.3 Å². The molecular weight excluding hydrogens is 564 g/mol. The second-order valence-electron chi connectivity index (χ2n) is 11.2. The number of aromatic nitrogens is 3. The molecule has 4 aromatic rings. The van der Waals surface area contributed by atoms with Gasteiger partial charge in [0.2, 0.25) is 11.8 Å². The van der Waals surface area contributed by atoms with Crippen LogP contribution in [0.15, 0.2) is 60.8 Å². The number of H-pyrrole nitrogens is 1. The van der Waals surface area contributed by atoms with E-state index in [0.717, 1.165) is 47.0 Å². The summed E-state index contributed by atoms with van der Waals surface area (Å²) in [5.74, 6) is 0.626. The van der Waals surface area contributed by atoms with Gasteiger partial charge in [0, 0.05) is 55.9 Å². The van der Waals surface area contributed by atoms with E-state index in [9.17, 15) is 9.59 Å². The van der Waals surface area contributed by atoms with Crippen LogP contribution in [0.25, 0.3) is 22.2 Å². The molecule has 2 aliphatic rings. The molecule has 5 N–H and O–H groups in total. The van der Waals surface area contributed by atoms with Gasteiger partial charge in [-0.05, 0) is 42.6 Å². The first-order valence-electron chi connectivity index (χ1n) is 15.0. The molecule has 11 heteroatoms. The summed E-state index contributed by atoms with van der Waals surface area (Å²) in [4.78, 5) is 34.8. The number of nitrogens with two attached hydrogens (primary N) is 1. The zero-order valence-corrected chi connectivity index (χ0v) is 24.8. The summed E-state index contributed by atoms with van der Waals surface area (Å²) in [5.41, 5.74) is 10.5. The topological polar surface area (TPSA) is 132 Å². The third-order valence-electron chi connectivity index (χ3n) is 8.39. The lowest BCUT2D eigenvalue weighted by atomic mass is 9.91. The van der Waals surface area contributed by atoms with Gasteiger partial charge in [0.25, 0.3) is 0 Å². The first-order chi connectivity index (χ1) is 21.0. The molecule has 43 heavy (non-hydrogen) atoms. The van der Waals surface area contributed by atoms with Crippen LogP contribution in [-0.2, 0) is 9.59 Å². The molecule has 0 spiro atoms. The molecule has 2 saturated heterocycles. The number of fused-ring (bicyclic) bond motifs is 1. The predicted octanol–water partition coefficient (Wildman–Crippen LogP) is 4.14. The fourth-order valence-electron chi connectivity index (χ4n) is 6.13. The summed E-state index contributed by atoms with van der Waals surface area (Å²) >= 11 is 6.15. The Hall–Kier alpha value is -4.15. The molecule has 0 aliphatic carbocycles. The van der Waals surface area contributed by atoms with E-state index < -0.39 is 0 Å². The zero-order chi connectivity index (χ0) is 29.8. The van der Waals surface area contributed by atoms with Gasteiger partial charge in [-0.25, -0.2) is 4.98 Å². The Morgan fingerprint density at radius 3 is 2.53 bits per heavy atom. The van der Waals surface area contributed by atoms with E-state index in [-0.39, 0.29) is 23.8 Å².